The van der Waals surface area contributed by atoms with Gasteiger partial charge in [-0.25, -0.2) is 8.42 Å². The minimum absolute atomic E-state index is 0.167. The lowest BCUT2D eigenvalue weighted by Crippen LogP contribution is -2.11. The fourth-order valence-corrected chi connectivity index (χ4v) is 2.19. The molecule has 0 radical (unpaired) electrons. The lowest BCUT2D eigenvalue weighted by atomic mass is 10.2. The molecule has 106 valence electrons. The summed E-state index contributed by atoms with van der Waals surface area (Å²) in [6, 6.07) is 8.64. The molecule has 1 aromatic heterocycles. The molecule has 0 saturated carbocycles. The number of hydrogen-bond acceptors (Lipinski definition) is 5. The average molecular weight is 313 g/mol. The topological polar surface area (TPSA) is 84.0 Å². The van der Waals surface area contributed by atoms with Crippen LogP contribution in [0.4, 0.5) is 17.3 Å². The minimum atomic E-state index is -3.35. The number of hydrogen-bond donors (Lipinski definition) is 2. The van der Waals surface area contributed by atoms with Crippen LogP contribution in [0, 0.1) is 6.92 Å². The van der Waals surface area contributed by atoms with Crippen molar-refractivity contribution in [1.82, 2.24) is 10.2 Å². The van der Waals surface area contributed by atoms with E-state index in [4.69, 9.17) is 11.6 Å². The van der Waals surface area contributed by atoms with Crippen molar-refractivity contribution < 1.29 is 8.42 Å². The van der Waals surface area contributed by atoms with Crippen molar-refractivity contribution in [3.05, 3.63) is 40.9 Å². The van der Waals surface area contributed by atoms with E-state index in [1.165, 1.54) is 6.07 Å². The van der Waals surface area contributed by atoms with Crippen LogP contribution in [0.2, 0.25) is 5.02 Å². The van der Waals surface area contributed by atoms with E-state index >= 15 is 0 Å². The first-order chi connectivity index (χ1) is 9.35. The van der Waals surface area contributed by atoms with E-state index in [9.17, 15) is 8.42 Å². The number of halogens is 1. The van der Waals surface area contributed by atoms with Crippen molar-refractivity contribution in [2.24, 2.45) is 0 Å². The van der Waals surface area contributed by atoms with E-state index in [1.54, 1.807) is 12.1 Å². The Morgan fingerprint density at radius 1 is 1.10 bits per heavy atom. The van der Waals surface area contributed by atoms with Gasteiger partial charge in [-0.05, 0) is 36.8 Å². The molecule has 2 N–H and O–H groups in total. The highest BCUT2D eigenvalue weighted by Crippen LogP contribution is 2.25. The Morgan fingerprint density at radius 3 is 2.35 bits per heavy atom. The van der Waals surface area contributed by atoms with Crippen molar-refractivity contribution in [3.8, 4) is 0 Å². The number of benzene rings is 1. The van der Waals surface area contributed by atoms with Gasteiger partial charge in [0.15, 0.2) is 11.6 Å². The molecule has 0 aliphatic heterocycles. The largest absolute Gasteiger partial charge is 0.338 e. The standard InChI is InChI=1S/C12H13ClN4O2S/c1-8-9(13)4-3-5-10(8)14-11-6-7-12(16-15-11)17-20(2,18)19/h3-7H,1-2H3,(H,14,15)(H,16,17). The summed E-state index contributed by atoms with van der Waals surface area (Å²) >= 11 is 6.03. The molecule has 0 amide bonds. The molecule has 0 atom stereocenters. The Morgan fingerprint density at radius 2 is 1.75 bits per heavy atom. The van der Waals surface area contributed by atoms with Crippen molar-refractivity contribution >= 4 is 38.9 Å². The van der Waals surface area contributed by atoms with E-state index in [1.807, 2.05) is 19.1 Å². The van der Waals surface area contributed by atoms with E-state index in [-0.39, 0.29) is 5.82 Å². The van der Waals surface area contributed by atoms with Gasteiger partial charge in [0.25, 0.3) is 0 Å². The lowest BCUT2D eigenvalue weighted by Gasteiger charge is -2.09. The molecule has 0 fully saturated rings. The predicted molar refractivity (Wildman–Crippen MR) is 80.0 cm³/mol. The van der Waals surface area contributed by atoms with Gasteiger partial charge < -0.3 is 5.32 Å². The molecule has 0 unspecified atom stereocenters. The highest BCUT2D eigenvalue weighted by molar-refractivity contribution is 7.92. The van der Waals surface area contributed by atoms with Crippen LogP contribution in [-0.2, 0) is 10.0 Å². The number of nitrogens with zero attached hydrogens (tertiary/aromatic N) is 2. The maximum Gasteiger partial charge on any atom is 0.231 e. The summed E-state index contributed by atoms with van der Waals surface area (Å²) in [4.78, 5) is 0. The van der Waals surface area contributed by atoms with Crippen LogP contribution in [0.25, 0.3) is 0 Å². The third-order valence-electron chi connectivity index (χ3n) is 2.48. The third kappa shape index (κ3) is 3.82. The Balaban J connectivity index is 2.17. The molecule has 0 bridgehead atoms. The van der Waals surface area contributed by atoms with Crippen molar-refractivity contribution in [2.45, 2.75) is 6.92 Å². The van der Waals surface area contributed by atoms with Gasteiger partial charge in [-0.2, -0.15) is 0 Å². The molecule has 1 aromatic carbocycles. The molecule has 2 rings (SSSR count). The molecule has 20 heavy (non-hydrogen) atoms. The quantitative estimate of drug-likeness (QED) is 0.906. The Hall–Kier alpha value is -1.86. The van der Waals surface area contributed by atoms with E-state index < -0.39 is 10.0 Å². The lowest BCUT2D eigenvalue weighted by molar-refractivity contribution is 0.606. The van der Waals surface area contributed by atoms with Crippen molar-refractivity contribution in [3.63, 3.8) is 0 Å². The van der Waals surface area contributed by atoms with Gasteiger partial charge in [0.1, 0.15) is 0 Å². The summed E-state index contributed by atoms with van der Waals surface area (Å²) < 4.78 is 24.3. The molecular weight excluding hydrogens is 300 g/mol. The normalized spacial score (nSPS) is 11.2. The monoisotopic (exact) mass is 312 g/mol. The van der Waals surface area contributed by atoms with Gasteiger partial charge in [-0.15, -0.1) is 10.2 Å². The SMILES string of the molecule is Cc1c(Cl)cccc1Nc1ccc(NS(C)(=O)=O)nn1. The molecule has 2 aromatic rings. The molecule has 1 heterocycles. The summed E-state index contributed by atoms with van der Waals surface area (Å²) in [5.74, 6) is 0.662. The second-order valence-corrected chi connectivity index (χ2v) is 6.37. The molecule has 0 saturated heterocycles. The number of anilines is 3. The Bertz CT molecular complexity index is 717. The van der Waals surface area contributed by atoms with E-state index in [0.717, 1.165) is 17.5 Å². The first kappa shape index (κ1) is 14.5. The smallest absolute Gasteiger partial charge is 0.231 e. The second-order valence-electron chi connectivity index (χ2n) is 4.22. The maximum absolute atomic E-state index is 11.0. The highest BCUT2D eigenvalue weighted by Gasteiger charge is 2.06. The van der Waals surface area contributed by atoms with Crippen LogP contribution in [0.1, 0.15) is 5.56 Å². The summed E-state index contributed by atoms with van der Waals surface area (Å²) in [6.45, 7) is 1.89. The summed E-state index contributed by atoms with van der Waals surface area (Å²) in [7, 11) is -3.35. The Labute approximate surface area is 122 Å². The van der Waals surface area contributed by atoms with Gasteiger partial charge in [0.05, 0.1) is 6.26 Å². The van der Waals surface area contributed by atoms with Crippen LogP contribution in [0.15, 0.2) is 30.3 Å². The Kier molecular flexibility index (Phi) is 4.10. The average Bonchev–Trinajstić information content (AvgIpc) is 2.35. The zero-order valence-corrected chi connectivity index (χ0v) is 12.5. The van der Waals surface area contributed by atoms with Crippen LogP contribution in [0.5, 0.6) is 0 Å². The van der Waals surface area contributed by atoms with Crippen molar-refractivity contribution in [1.29, 1.82) is 0 Å². The molecular formula is C12H13ClN4O2S. The van der Waals surface area contributed by atoms with E-state index in [0.29, 0.717) is 10.8 Å². The van der Waals surface area contributed by atoms with Crippen LogP contribution >= 0.6 is 11.6 Å². The number of aromatic nitrogens is 2. The first-order valence-electron chi connectivity index (χ1n) is 5.69. The fraction of sp³-hybridized carbons (Fsp3) is 0.167. The zero-order chi connectivity index (χ0) is 14.8. The van der Waals surface area contributed by atoms with Gasteiger partial charge in [0.2, 0.25) is 10.0 Å². The van der Waals surface area contributed by atoms with E-state index in [2.05, 4.69) is 20.2 Å². The summed E-state index contributed by atoms with van der Waals surface area (Å²) in [5.41, 5.74) is 1.71. The number of rotatable bonds is 4. The predicted octanol–water partition coefficient (Wildman–Crippen LogP) is 2.55. The zero-order valence-electron chi connectivity index (χ0n) is 10.9. The van der Waals surface area contributed by atoms with Crippen LogP contribution in [0.3, 0.4) is 0 Å². The molecule has 0 aliphatic rings. The summed E-state index contributed by atoms with van der Waals surface area (Å²) in [6.07, 6.45) is 1.05. The molecule has 0 spiro atoms. The number of nitrogens with one attached hydrogen (secondary N) is 2. The first-order valence-corrected chi connectivity index (χ1v) is 7.96. The van der Waals surface area contributed by atoms with Crippen LogP contribution in [-0.4, -0.2) is 24.9 Å². The molecule has 0 aliphatic carbocycles. The maximum atomic E-state index is 11.0. The van der Waals surface area contributed by atoms with Crippen molar-refractivity contribution in [2.75, 3.05) is 16.3 Å². The number of sulfonamides is 1. The second kappa shape index (κ2) is 5.64. The molecule has 6 nitrogen and oxygen atoms in total. The third-order valence-corrected chi connectivity index (χ3v) is 3.47. The minimum Gasteiger partial charge on any atom is -0.338 e. The van der Waals surface area contributed by atoms with Crippen LogP contribution < -0.4 is 10.0 Å². The van der Waals surface area contributed by atoms with Gasteiger partial charge in [0, 0.05) is 10.7 Å². The molecule has 8 heteroatoms. The highest BCUT2D eigenvalue weighted by atomic mass is 35.5. The summed E-state index contributed by atoms with van der Waals surface area (Å²) in [5, 5.41) is 11.4. The van der Waals surface area contributed by atoms with Gasteiger partial charge in [-0.1, -0.05) is 17.7 Å². The van der Waals surface area contributed by atoms with Gasteiger partial charge in [-0.3, -0.25) is 4.72 Å². The van der Waals surface area contributed by atoms with Gasteiger partial charge >= 0.3 is 0 Å². The fourth-order valence-electron chi connectivity index (χ4n) is 1.52.